The molecule has 0 atom stereocenters. The fraction of sp³-hybridized carbons (Fsp3) is 0.0667. The number of aromatic nitrogens is 2. The summed E-state index contributed by atoms with van der Waals surface area (Å²) in [6.07, 6.45) is 0. The molecule has 0 N–H and O–H groups in total. The highest BCUT2D eigenvalue weighted by atomic mass is 15.0. The van der Waals surface area contributed by atoms with Gasteiger partial charge in [-0.2, -0.15) is 0 Å². The molecule has 0 unspecified atom stereocenters. The van der Waals surface area contributed by atoms with E-state index >= 15 is 0 Å². The van der Waals surface area contributed by atoms with Gasteiger partial charge in [-0.3, -0.25) is 0 Å². The van der Waals surface area contributed by atoms with E-state index in [0.29, 0.717) is 0 Å². The van der Waals surface area contributed by atoms with Crippen molar-refractivity contribution < 1.29 is 0 Å². The van der Waals surface area contributed by atoms with E-state index in [9.17, 15) is 0 Å². The topological polar surface area (TPSA) is 9.86 Å². The van der Waals surface area contributed by atoms with Crippen LogP contribution in [0.2, 0.25) is 0 Å². The standard InChI is InChI=1S/C45H32N2/c1-45(2)39-20-9-6-17-33(39)36-26-32(23-24-40(36)45)47-42-22-11-8-19-35(42)38-27-43-37(28-44(38)47)34-18-7-10-21-41(34)46(43)31-16-12-15-30(25-31)29-13-4-3-5-14-29/h3-28H,1-2H3. The van der Waals surface area contributed by atoms with Crippen LogP contribution in [0.4, 0.5) is 0 Å². The van der Waals surface area contributed by atoms with Gasteiger partial charge in [0.1, 0.15) is 0 Å². The molecule has 0 aliphatic heterocycles. The molecule has 10 rings (SSSR count). The Labute approximate surface area is 273 Å². The van der Waals surface area contributed by atoms with E-state index in [1.807, 2.05) is 0 Å². The average Bonchev–Trinajstić information content (AvgIpc) is 3.70. The first-order chi connectivity index (χ1) is 23.1. The van der Waals surface area contributed by atoms with Crippen LogP contribution < -0.4 is 0 Å². The van der Waals surface area contributed by atoms with E-state index in [2.05, 4.69) is 181 Å². The molecule has 1 aliphatic rings. The predicted octanol–water partition coefficient (Wildman–Crippen LogP) is 11.9. The molecule has 0 bridgehead atoms. The molecule has 0 radical (unpaired) electrons. The highest BCUT2D eigenvalue weighted by molar-refractivity contribution is 6.19. The third-order valence-corrected chi connectivity index (χ3v) is 10.5. The Bertz CT molecular complexity index is 2700. The maximum atomic E-state index is 2.47. The second-order valence-corrected chi connectivity index (χ2v) is 13.4. The normalized spacial score (nSPS) is 13.5. The smallest absolute Gasteiger partial charge is 0.0548 e. The van der Waals surface area contributed by atoms with Gasteiger partial charge in [0.15, 0.2) is 0 Å². The van der Waals surface area contributed by atoms with Gasteiger partial charge in [-0.05, 0) is 81.9 Å². The van der Waals surface area contributed by atoms with Crippen molar-refractivity contribution in [3.05, 3.63) is 169 Å². The molecule has 2 nitrogen and oxygen atoms in total. The number of para-hydroxylation sites is 2. The Morgan fingerprint density at radius 1 is 0.362 bits per heavy atom. The quantitative estimate of drug-likeness (QED) is 0.191. The summed E-state index contributed by atoms with van der Waals surface area (Å²) in [5.74, 6) is 0. The van der Waals surface area contributed by atoms with Gasteiger partial charge in [-0.15, -0.1) is 0 Å². The molecule has 7 aromatic carbocycles. The molecule has 9 aromatic rings. The van der Waals surface area contributed by atoms with Gasteiger partial charge in [-0.25, -0.2) is 0 Å². The third kappa shape index (κ3) is 3.67. The summed E-state index contributed by atoms with van der Waals surface area (Å²) < 4.78 is 4.91. The van der Waals surface area contributed by atoms with Crippen LogP contribution in [-0.2, 0) is 5.41 Å². The number of benzene rings is 7. The van der Waals surface area contributed by atoms with Crippen molar-refractivity contribution >= 4 is 43.6 Å². The van der Waals surface area contributed by atoms with Gasteiger partial charge in [0, 0.05) is 38.3 Å². The second-order valence-electron chi connectivity index (χ2n) is 13.4. The molecule has 0 spiro atoms. The first-order valence-corrected chi connectivity index (χ1v) is 16.4. The van der Waals surface area contributed by atoms with Crippen molar-refractivity contribution in [2.75, 3.05) is 0 Å². The molecule has 0 saturated carbocycles. The first-order valence-electron chi connectivity index (χ1n) is 16.4. The van der Waals surface area contributed by atoms with Crippen molar-refractivity contribution in [1.29, 1.82) is 0 Å². The molecule has 1 aliphatic carbocycles. The lowest BCUT2D eigenvalue weighted by Gasteiger charge is -2.21. The molecule has 47 heavy (non-hydrogen) atoms. The number of rotatable bonds is 3. The molecule has 0 amide bonds. The lowest BCUT2D eigenvalue weighted by molar-refractivity contribution is 0.660. The fourth-order valence-electron chi connectivity index (χ4n) is 8.29. The predicted molar refractivity (Wildman–Crippen MR) is 198 cm³/mol. The fourth-order valence-corrected chi connectivity index (χ4v) is 8.29. The number of nitrogens with zero attached hydrogens (tertiary/aromatic N) is 2. The highest BCUT2D eigenvalue weighted by Gasteiger charge is 2.35. The minimum absolute atomic E-state index is 0.0168. The van der Waals surface area contributed by atoms with E-state index in [1.54, 1.807) is 0 Å². The molecule has 0 fully saturated rings. The summed E-state index contributed by atoms with van der Waals surface area (Å²) in [4.78, 5) is 0. The highest BCUT2D eigenvalue weighted by Crippen LogP contribution is 2.49. The summed E-state index contributed by atoms with van der Waals surface area (Å²) in [7, 11) is 0. The van der Waals surface area contributed by atoms with Crippen LogP contribution in [0.1, 0.15) is 25.0 Å². The zero-order chi connectivity index (χ0) is 31.3. The zero-order valence-corrected chi connectivity index (χ0v) is 26.4. The Morgan fingerprint density at radius 2 is 0.915 bits per heavy atom. The van der Waals surface area contributed by atoms with Crippen LogP contribution >= 0.6 is 0 Å². The van der Waals surface area contributed by atoms with Crippen LogP contribution in [0.25, 0.3) is 77.2 Å². The summed E-state index contributed by atoms with van der Waals surface area (Å²) in [5.41, 5.74) is 15.2. The van der Waals surface area contributed by atoms with Crippen molar-refractivity contribution in [2.45, 2.75) is 19.3 Å². The average molecular weight is 601 g/mol. The van der Waals surface area contributed by atoms with Gasteiger partial charge in [0.2, 0.25) is 0 Å². The van der Waals surface area contributed by atoms with E-state index in [4.69, 9.17) is 0 Å². The SMILES string of the molecule is CC1(C)c2ccccc2-c2cc(-n3c4ccccc4c4cc5c(cc43)c3ccccc3n5-c3cccc(-c4ccccc4)c3)ccc21. The number of hydrogen-bond donors (Lipinski definition) is 0. The van der Waals surface area contributed by atoms with E-state index < -0.39 is 0 Å². The van der Waals surface area contributed by atoms with Gasteiger partial charge in [-0.1, -0.05) is 123 Å². The summed E-state index contributed by atoms with van der Waals surface area (Å²) in [6, 6.07) is 58.1. The first kappa shape index (κ1) is 26.4. The van der Waals surface area contributed by atoms with Crippen molar-refractivity contribution in [2.24, 2.45) is 0 Å². The monoisotopic (exact) mass is 600 g/mol. The minimum atomic E-state index is -0.0168. The Balaban J connectivity index is 1.26. The summed E-state index contributed by atoms with van der Waals surface area (Å²) in [6.45, 7) is 4.69. The van der Waals surface area contributed by atoms with Crippen LogP contribution in [0, 0.1) is 0 Å². The molecule has 2 heteroatoms. The van der Waals surface area contributed by atoms with Crippen LogP contribution in [-0.4, -0.2) is 9.13 Å². The van der Waals surface area contributed by atoms with Crippen LogP contribution in [0.5, 0.6) is 0 Å². The molecular weight excluding hydrogens is 569 g/mol. The minimum Gasteiger partial charge on any atom is -0.309 e. The third-order valence-electron chi connectivity index (χ3n) is 10.5. The van der Waals surface area contributed by atoms with E-state index in [0.717, 1.165) is 0 Å². The molecule has 2 heterocycles. The summed E-state index contributed by atoms with van der Waals surface area (Å²) >= 11 is 0. The van der Waals surface area contributed by atoms with E-state index in [-0.39, 0.29) is 5.41 Å². The zero-order valence-electron chi connectivity index (χ0n) is 26.4. The maximum Gasteiger partial charge on any atom is 0.0548 e. The lowest BCUT2D eigenvalue weighted by atomic mass is 9.82. The number of fused-ring (bicyclic) bond motifs is 9. The molecule has 0 saturated heterocycles. The van der Waals surface area contributed by atoms with Gasteiger partial charge in [0.25, 0.3) is 0 Å². The molecular formula is C45H32N2. The van der Waals surface area contributed by atoms with Gasteiger partial charge >= 0.3 is 0 Å². The lowest BCUT2D eigenvalue weighted by Crippen LogP contribution is -2.14. The largest absolute Gasteiger partial charge is 0.309 e. The summed E-state index contributed by atoms with van der Waals surface area (Å²) in [5, 5.41) is 5.05. The van der Waals surface area contributed by atoms with Crippen molar-refractivity contribution in [3.8, 4) is 33.6 Å². The van der Waals surface area contributed by atoms with Crippen molar-refractivity contribution in [3.63, 3.8) is 0 Å². The van der Waals surface area contributed by atoms with Gasteiger partial charge < -0.3 is 9.13 Å². The number of hydrogen-bond acceptors (Lipinski definition) is 0. The Morgan fingerprint density at radius 3 is 1.62 bits per heavy atom. The maximum absolute atomic E-state index is 2.47. The van der Waals surface area contributed by atoms with Crippen molar-refractivity contribution in [1.82, 2.24) is 9.13 Å². The van der Waals surface area contributed by atoms with Crippen LogP contribution in [0.3, 0.4) is 0 Å². The molecule has 2 aromatic heterocycles. The van der Waals surface area contributed by atoms with E-state index in [1.165, 1.54) is 88.4 Å². The second kappa shape index (κ2) is 9.57. The Kier molecular flexibility index (Phi) is 5.37. The Hall–Kier alpha value is -5.86. The van der Waals surface area contributed by atoms with Crippen LogP contribution in [0.15, 0.2) is 158 Å². The molecule has 222 valence electrons. The van der Waals surface area contributed by atoms with Gasteiger partial charge in [0.05, 0.1) is 22.1 Å².